The number of rotatable bonds is 7. The minimum atomic E-state index is -0.316. The molecule has 0 radical (unpaired) electrons. The van der Waals surface area contributed by atoms with Gasteiger partial charge in [0.05, 0.1) is 12.9 Å². The Bertz CT molecular complexity index is 433. The second kappa shape index (κ2) is 9.49. The molecule has 0 saturated heterocycles. The number of aliphatic imine (C=N–C) groups is 1. The molecule has 1 aromatic heterocycles. The molecule has 1 aliphatic rings. The molecule has 2 atom stereocenters. The number of nitrogens with one attached hydrogen (secondary N) is 2. The standard InChI is InChI=1S/C17H28FN3O/c1-14-6-2-3-8-16(14)21-17(19-11-5-10-18)20-12-9-15-7-4-13-22-15/h4,7,13-14,16H,2-3,5-6,8-12H2,1H3,(H2,19,20,21). The summed E-state index contributed by atoms with van der Waals surface area (Å²) < 4.78 is 17.6. The predicted octanol–water partition coefficient (Wildman–Crippen LogP) is 3.30. The first kappa shape index (κ1) is 16.8. The molecule has 1 aliphatic carbocycles. The summed E-state index contributed by atoms with van der Waals surface area (Å²) in [5, 5.41) is 6.87. The molecular weight excluding hydrogens is 281 g/mol. The summed E-state index contributed by atoms with van der Waals surface area (Å²) in [5.74, 6) is 2.42. The fourth-order valence-corrected chi connectivity index (χ4v) is 2.87. The lowest BCUT2D eigenvalue weighted by Gasteiger charge is -2.31. The highest BCUT2D eigenvalue weighted by Crippen LogP contribution is 2.23. The lowest BCUT2D eigenvalue weighted by atomic mass is 9.86. The van der Waals surface area contributed by atoms with Gasteiger partial charge < -0.3 is 15.1 Å². The van der Waals surface area contributed by atoms with Gasteiger partial charge in [-0.2, -0.15) is 0 Å². The molecule has 1 aromatic rings. The lowest BCUT2D eigenvalue weighted by Crippen LogP contribution is -2.47. The summed E-state index contributed by atoms with van der Waals surface area (Å²) in [4.78, 5) is 4.48. The summed E-state index contributed by atoms with van der Waals surface area (Å²) >= 11 is 0. The van der Waals surface area contributed by atoms with Gasteiger partial charge in [-0.25, -0.2) is 0 Å². The minimum Gasteiger partial charge on any atom is -0.469 e. The molecule has 2 unspecified atom stereocenters. The summed E-state index contributed by atoms with van der Waals surface area (Å²) in [6, 6.07) is 4.33. The Hall–Kier alpha value is -1.52. The van der Waals surface area contributed by atoms with Crippen LogP contribution in [0.15, 0.2) is 27.8 Å². The fraction of sp³-hybridized carbons (Fsp3) is 0.706. The molecule has 124 valence electrons. The van der Waals surface area contributed by atoms with Gasteiger partial charge in [0.15, 0.2) is 5.96 Å². The van der Waals surface area contributed by atoms with E-state index in [1.54, 1.807) is 6.26 Å². The van der Waals surface area contributed by atoms with Gasteiger partial charge in [-0.3, -0.25) is 9.38 Å². The van der Waals surface area contributed by atoms with Crippen LogP contribution in [0.2, 0.25) is 0 Å². The minimum absolute atomic E-state index is 0.316. The van der Waals surface area contributed by atoms with E-state index >= 15 is 0 Å². The maximum absolute atomic E-state index is 12.3. The smallest absolute Gasteiger partial charge is 0.191 e. The van der Waals surface area contributed by atoms with Crippen LogP contribution < -0.4 is 10.6 Å². The highest BCUT2D eigenvalue weighted by Gasteiger charge is 2.21. The second-order valence-corrected chi connectivity index (χ2v) is 6.04. The van der Waals surface area contributed by atoms with Crippen LogP contribution in [0.25, 0.3) is 0 Å². The van der Waals surface area contributed by atoms with E-state index < -0.39 is 0 Å². The predicted molar refractivity (Wildman–Crippen MR) is 87.9 cm³/mol. The Morgan fingerprint density at radius 3 is 3.00 bits per heavy atom. The monoisotopic (exact) mass is 309 g/mol. The summed E-state index contributed by atoms with van der Waals surface area (Å²) in [6.45, 7) is 3.26. The molecule has 0 bridgehead atoms. The van der Waals surface area contributed by atoms with Gasteiger partial charge in [0.1, 0.15) is 5.76 Å². The van der Waals surface area contributed by atoms with Crippen LogP contribution in [0.1, 0.15) is 44.8 Å². The average Bonchev–Trinajstić information content (AvgIpc) is 3.03. The molecule has 0 spiro atoms. The van der Waals surface area contributed by atoms with E-state index in [0.717, 1.165) is 24.7 Å². The highest BCUT2D eigenvalue weighted by atomic mass is 19.1. The van der Waals surface area contributed by atoms with E-state index in [2.05, 4.69) is 22.5 Å². The van der Waals surface area contributed by atoms with Gasteiger partial charge >= 0.3 is 0 Å². The van der Waals surface area contributed by atoms with Gasteiger partial charge in [-0.15, -0.1) is 0 Å². The van der Waals surface area contributed by atoms with Crippen LogP contribution in [0.4, 0.5) is 4.39 Å². The van der Waals surface area contributed by atoms with Crippen LogP contribution in [0.3, 0.4) is 0 Å². The molecule has 2 N–H and O–H groups in total. The number of hydrogen-bond acceptors (Lipinski definition) is 2. The molecule has 1 saturated carbocycles. The van der Waals surface area contributed by atoms with Crippen LogP contribution >= 0.6 is 0 Å². The van der Waals surface area contributed by atoms with Crippen LogP contribution in [0, 0.1) is 5.92 Å². The van der Waals surface area contributed by atoms with Crippen molar-refractivity contribution in [2.24, 2.45) is 10.9 Å². The molecule has 0 aliphatic heterocycles. The van der Waals surface area contributed by atoms with Crippen molar-refractivity contribution in [1.82, 2.24) is 10.6 Å². The average molecular weight is 309 g/mol. The van der Waals surface area contributed by atoms with E-state index in [-0.39, 0.29) is 6.67 Å². The first-order valence-corrected chi connectivity index (χ1v) is 8.43. The van der Waals surface area contributed by atoms with E-state index in [4.69, 9.17) is 4.42 Å². The zero-order chi connectivity index (χ0) is 15.6. The van der Waals surface area contributed by atoms with Gasteiger partial charge in [0.2, 0.25) is 0 Å². The van der Waals surface area contributed by atoms with Crippen molar-refractivity contribution in [1.29, 1.82) is 0 Å². The van der Waals surface area contributed by atoms with E-state index in [1.165, 1.54) is 25.7 Å². The Morgan fingerprint density at radius 1 is 1.41 bits per heavy atom. The number of furan rings is 1. The maximum atomic E-state index is 12.3. The number of alkyl halides is 1. The van der Waals surface area contributed by atoms with Crippen LogP contribution in [-0.2, 0) is 6.42 Å². The van der Waals surface area contributed by atoms with E-state index in [9.17, 15) is 4.39 Å². The maximum Gasteiger partial charge on any atom is 0.191 e. The normalized spacial score (nSPS) is 22.5. The Kier molecular flexibility index (Phi) is 7.26. The molecule has 2 rings (SSSR count). The Labute approximate surface area is 132 Å². The van der Waals surface area contributed by atoms with Crippen LogP contribution in [0.5, 0.6) is 0 Å². The fourth-order valence-electron chi connectivity index (χ4n) is 2.87. The molecule has 1 fully saturated rings. The Morgan fingerprint density at radius 2 is 2.27 bits per heavy atom. The molecule has 4 nitrogen and oxygen atoms in total. The van der Waals surface area contributed by atoms with Crippen molar-refractivity contribution in [3.63, 3.8) is 0 Å². The lowest BCUT2D eigenvalue weighted by molar-refractivity contribution is 0.306. The summed E-state index contributed by atoms with van der Waals surface area (Å²) in [7, 11) is 0. The second-order valence-electron chi connectivity index (χ2n) is 6.04. The first-order valence-electron chi connectivity index (χ1n) is 8.43. The summed E-state index contributed by atoms with van der Waals surface area (Å²) in [6.07, 6.45) is 8.02. The zero-order valence-electron chi connectivity index (χ0n) is 13.5. The number of halogens is 1. The third-order valence-corrected chi connectivity index (χ3v) is 4.24. The molecule has 0 aromatic carbocycles. The van der Waals surface area contributed by atoms with Crippen molar-refractivity contribution in [2.75, 3.05) is 19.8 Å². The largest absolute Gasteiger partial charge is 0.469 e. The summed E-state index contributed by atoms with van der Waals surface area (Å²) in [5.41, 5.74) is 0. The Balaban J connectivity index is 1.83. The van der Waals surface area contributed by atoms with Gasteiger partial charge in [0, 0.05) is 25.6 Å². The third-order valence-electron chi connectivity index (χ3n) is 4.24. The van der Waals surface area contributed by atoms with Gasteiger partial charge in [-0.1, -0.05) is 19.8 Å². The molecule has 1 heterocycles. The van der Waals surface area contributed by atoms with Crippen LogP contribution in [-0.4, -0.2) is 31.8 Å². The van der Waals surface area contributed by atoms with Crippen molar-refractivity contribution in [3.05, 3.63) is 24.2 Å². The number of nitrogens with zero attached hydrogens (tertiary/aromatic N) is 1. The van der Waals surface area contributed by atoms with Crippen molar-refractivity contribution in [3.8, 4) is 0 Å². The molecule has 5 heteroatoms. The van der Waals surface area contributed by atoms with Gasteiger partial charge in [0.25, 0.3) is 0 Å². The highest BCUT2D eigenvalue weighted by molar-refractivity contribution is 5.80. The van der Waals surface area contributed by atoms with Gasteiger partial charge in [-0.05, 0) is 37.3 Å². The number of guanidine groups is 1. The first-order chi connectivity index (χ1) is 10.8. The third kappa shape index (κ3) is 5.70. The van der Waals surface area contributed by atoms with E-state index in [0.29, 0.717) is 24.9 Å². The molecular formula is C17H28FN3O. The van der Waals surface area contributed by atoms with Crippen molar-refractivity contribution < 1.29 is 8.81 Å². The molecule has 22 heavy (non-hydrogen) atoms. The molecule has 0 amide bonds. The number of hydrogen-bond donors (Lipinski definition) is 2. The topological polar surface area (TPSA) is 49.6 Å². The zero-order valence-corrected chi connectivity index (χ0v) is 13.5. The SMILES string of the molecule is CC1CCCCC1NC(=NCCCF)NCCc1ccco1. The quantitative estimate of drug-likeness (QED) is 0.461. The van der Waals surface area contributed by atoms with E-state index in [1.807, 2.05) is 12.1 Å². The van der Waals surface area contributed by atoms with Crippen molar-refractivity contribution in [2.45, 2.75) is 51.5 Å². The van der Waals surface area contributed by atoms with Crippen molar-refractivity contribution >= 4 is 5.96 Å².